The molecule has 0 aliphatic rings. The third kappa shape index (κ3) is 2.62. The molecule has 0 aromatic heterocycles. The van der Waals surface area contributed by atoms with E-state index in [4.69, 9.17) is 23.2 Å². The molecule has 1 aromatic rings. The number of alkyl halides is 3. The Hall–Kier alpha value is -0.450. The van der Waals surface area contributed by atoms with Crippen LogP contribution in [0.3, 0.4) is 0 Å². The fourth-order valence-electron chi connectivity index (χ4n) is 1.24. The lowest BCUT2D eigenvalue weighted by Crippen LogP contribution is -2.17. The van der Waals surface area contributed by atoms with Gasteiger partial charge in [0.2, 0.25) is 0 Å². The fraction of sp³-hybridized carbons (Fsp3) is 0.400. The molecule has 0 aliphatic heterocycles. The standard InChI is InChI=1S/C10H9Cl2F3O/c1-9(2,16)5-3-4-6(10(13,14)15)8(12)7(5)11/h3-4,16H,1-2H3. The van der Waals surface area contributed by atoms with Gasteiger partial charge in [0.25, 0.3) is 0 Å². The van der Waals surface area contributed by atoms with Gasteiger partial charge in [0.15, 0.2) is 0 Å². The lowest BCUT2D eigenvalue weighted by Gasteiger charge is -2.21. The van der Waals surface area contributed by atoms with Gasteiger partial charge in [-0.2, -0.15) is 13.2 Å². The van der Waals surface area contributed by atoms with Crippen LogP contribution in [0.15, 0.2) is 12.1 Å². The van der Waals surface area contributed by atoms with E-state index in [0.29, 0.717) is 0 Å². The van der Waals surface area contributed by atoms with E-state index < -0.39 is 22.4 Å². The Morgan fingerprint density at radius 3 is 1.75 bits per heavy atom. The molecule has 0 spiro atoms. The summed E-state index contributed by atoms with van der Waals surface area (Å²) in [5, 5.41) is 8.80. The van der Waals surface area contributed by atoms with Crippen molar-refractivity contribution in [3.05, 3.63) is 33.3 Å². The van der Waals surface area contributed by atoms with Crippen LogP contribution in [-0.4, -0.2) is 5.11 Å². The number of benzene rings is 1. The maximum atomic E-state index is 12.5. The van der Waals surface area contributed by atoms with Crippen LogP contribution in [0.2, 0.25) is 10.0 Å². The molecule has 0 saturated carbocycles. The van der Waals surface area contributed by atoms with Crippen molar-refractivity contribution in [1.29, 1.82) is 0 Å². The summed E-state index contributed by atoms with van der Waals surface area (Å²) in [6.07, 6.45) is -4.56. The topological polar surface area (TPSA) is 20.2 Å². The lowest BCUT2D eigenvalue weighted by atomic mass is 9.97. The number of hydrogen-bond acceptors (Lipinski definition) is 1. The molecule has 0 bridgehead atoms. The zero-order valence-corrected chi connectivity index (χ0v) is 10.0. The highest BCUT2D eigenvalue weighted by atomic mass is 35.5. The van der Waals surface area contributed by atoms with Crippen molar-refractivity contribution < 1.29 is 18.3 Å². The van der Waals surface area contributed by atoms with Crippen LogP contribution < -0.4 is 0 Å². The first-order chi connectivity index (χ1) is 7.05. The molecular formula is C10H9Cl2F3O. The summed E-state index contributed by atoms with van der Waals surface area (Å²) in [6, 6.07) is 1.93. The number of rotatable bonds is 1. The fourth-order valence-corrected chi connectivity index (χ4v) is 1.91. The van der Waals surface area contributed by atoms with Crippen LogP contribution >= 0.6 is 23.2 Å². The highest BCUT2D eigenvalue weighted by Crippen LogP contribution is 2.41. The third-order valence-corrected chi connectivity index (χ3v) is 2.93. The largest absolute Gasteiger partial charge is 0.417 e. The average molecular weight is 273 g/mol. The van der Waals surface area contributed by atoms with Crippen LogP contribution in [0, 0.1) is 0 Å². The quantitative estimate of drug-likeness (QED) is 0.811. The minimum absolute atomic E-state index is 0.159. The monoisotopic (exact) mass is 272 g/mol. The van der Waals surface area contributed by atoms with Crippen LogP contribution in [0.4, 0.5) is 13.2 Å². The van der Waals surface area contributed by atoms with E-state index in [2.05, 4.69) is 0 Å². The molecule has 0 amide bonds. The molecule has 1 N–H and O–H groups in total. The smallest absolute Gasteiger partial charge is 0.386 e. The van der Waals surface area contributed by atoms with Crippen molar-refractivity contribution in [2.24, 2.45) is 0 Å². The van der Waals surface area contributed by atoms with Gasteiger partial charge < -0.3 is 5.11 Å². The number of halogens is 5. The summed E-state index contributed by atoms with van der Waals surface area (Å²) in [5.41, 5.74) is -2.19. The summed E-state index contributed by atoms with van der Waals surface area (Å²) < 4.78 is 37.4. The summed E-state index contributed by atoms with van der Waals surface area (Å²) >= 11 is 11.2. The van der Waals surface area contributed by atoms with Gasteiger partial charge in [0, 0.05) is 5.56 Å². The second-order valence-electron chi connectivity index (χ2n) is 3.85. The summed E-state index contributed by atoms with van der Waals surface area (Å²) in [4.78, 5) is 0. The molecule has 0 atom stereocenters. The van der Waals surface area contributed by atoms with E-state index in [1.54, 1.807) is 0 Å². The minimum Gasteiger partial charge on any atom is -0.386 e. The SMILES string of the molecule is CC(C)(O)c1ccc(C(F)(F)F)c(Cl)c1Cl. The van der Waals surface area contributed by atoms with Crippen LogP contribution in [0.5, 0.6) is 0 Å². The number of aliphatic hydroxyl groups is 1. The highest BCUT2D eigenvalue weighted by Gasteiger charge is 2.35. The summed E-state index contributed by atoms with van der Waals surface area (Å²) in [5.74, 6) is 0. The van der Waals surface area contributed by atoms with Crippen molar-refractivity contribution in [2.75, 3.05) is 0 Å². The molecule has 6 heteroatoms. The molecule has 0 aliphatic carbocycles. The first-order valence-electron chi connectivity index (χ1n) is 4.33. The Bertz CT molecular complexity index is 369. The van der Waals surface area contributed by atoms with Crippen LogP contribution in [-0.2, 0) is 11.8 Å². The first kappa shape index (κ1) is 13.6. The van der Waals surface area contributed by atoms with Crippen LogP contribution in [0.25, 0.3) is 0 Å². The predicted octanol–water partition coefficient (Wildman–Crippen LogP) is 4.24. The maximum Gasteiger partial charge on any atom is 0.417 e. The van der Waals surface area contributed by atoms with E-state index in [0.717, 1.165) is 12.1 Å². The van der Waals surface area contributed by atoms with Gasteiger partial charge in [-0.05, 0) is 19.9 Å². The van der Waals surface area contributed by atoms with Gasteiger partial charge in [-0.3, -0.25) is 0 Å². The summed E-state index contributed by atoms with van der Waals surface area (Å²) in [6.45, 7) is 2.83. The zero-order chi connectivity index (χ0) is 12.7. The molecule has 1 aromatic carbocycles. The van der Waals surface area contributed by atoms with E-state index in [1.807, 2.05) is 0 Å². The molecule has 0 fully saturated rings. The maximum absolute atomic E-state index is 12.5. The van der Waals surface area contributed by atoms with E-state index >= 15 is 0 Å². The van der Waals surface area contributed by atoms with Crippen LogP contribution in [0.1, 0.15) is 25.0 Å². The van der Waals surface area contributed by atoms with Crippen molar-refractivity contribution in [3.8, 4) is 0 Å². The normalized spacial score (nSPS) is 13.0. The molecule has 1 rings (SSSR count). The third-order valence-electron chi connectivity index (χ3n) is 2.05. The zero-order valence-electron chi connectivity index (χ0n) is 8.49. The highest BCUT2D eigenvalue weighted by molar-refractivity contribution is 6.43. The van der Waals surface area contributed by atoms with Crippen molar-refractivity contribution in [1.82, 2.24) is 0 Å². The Kier molecular flexibility index (Phi) is 3.48. The van der Waals surface area contributed by atoms with Gasteiger partial charge in [-0.15, -0.1) is 0 Å². The van der Waals surface area contributed by atoms with Crippen molar-refractivity contribution >= 4 is 23.2 Å². The Morgan fingerprint density at radius 2 is 1.38 bits per heavy atom. The molecular weight excluding hydrogens is 264 g/mol. The van der Waals surface area contributed by atoms with Crippen molar-refractivity contribution in [2.45, 2.75) is 25.6 Å². The van der Waals surface area contributed by atoms with Gasteiger partial charge in [-0.1, -0.05) is 29.3 Å². The number of hydrogen-bond donors (Lipinski definition) is 1. The average Bonchev–Trinajstić information content (AvgIpc) is 2.05. The van der Waals surface area contributed by atoms with E-state index in [-0.39, 0.29) is 10.6 Å². The second-order valence-corrected chi connectivity index (χ2v) is 4.60. The molecule has 16 heavy (non-hydrogen) atoms. The van der Waals surface area contributed by atoms with Gasteiger partial charge in [0.1, 0.15) is 0 Å². The predicted molar refractivity (Wildman–Crippen MR) is 56.7 cm³/mol. The molecule has 1 nitrogen and oxygen atoms in total. The van der Waals surface area contributed by atoms with Gasteiger partial charge in [0.05, 0.1) is 21.2 Å². The van der Waals surface area contributed by atoms with Gasteiger partial charge >= 0.3 is 6.18 Å². The minimum atomic E-state index is -4.56. The second kappa shape index (κ2) is 4.09. The lowest BCUT2D eigenvalue weighted by molar-refractivity contribution is -0.137. The van der Waals surface area contributed by atoms with E-state index in [9.17, 15) is 18.3 Å². The van der Waals surface area contributed by atoms with Gasteiger partial charge in [-0.25, -0.2) is 0 Å². The molecule has 0 radical (unpaired) electrons. The first-order valence-corrected chi connectivity index (χ1v) is 5.09. The Balaban J connectivity index is 3.41. The Morgan fingerprint density at radius 1 is 1.00 bits per heavy atom. The van der Waals surface area contributed by atoms with Crippen molar-refractivity contribution in [3.63, 3.8) is 0 Å². The summed E-state index contributed by atoms with van der Waals surface area (Å²) in [7, 11) is 0. The molecule has 0 saturated heterocycles. The molecule has 90 valence electrons. The van der Waals surface area contributed by atoms with E-state index in [1.165, 1.54) is 13.8 Å². The molecule has 0 unspecified atom stereocenters. The molecule has 0 heterocycles. The Labute approximate surface area is 101 Å².